The number of hydrogen-bond acceptors (Lipinski definition) is 3. The van der Waals surface area contributed by atoms with Crippen molar-refractivity contribution in [3.63, 3.8) is 0 Å². The maximum absolute atomic E-state index is 13.4. The van der Waals surface area contributed by atoms with Gasteiger partial charge in [0.2, 0.25) is 0 Å². The Hall–Kier alpha value is -1.27. The summed E-state index contributed by atoms with van der Waals surface area (Å²) < 4.78 is 39.8. The summed E-state index contributed by atoms with van der Waals surface area (Å²) in [5, 5.41) is 0. The summed E-state index contributed by atoms with van der Waals surface area (Å²) in [6.45, 7) is 4.22. The van der Waals surface area contributed by atoms with Crippen molar-refractivity contribution in [2.45, 2.75) is 38.1 Å². The third kappa shape index (κ3) is 4.22. The van der Waals surface area contributed by atoms with E-state index in [1.807, 2.05) is 4.90 Å². The minimum Gasteiger partial charge on any atom is -0.369 e. The predicted octanol–water partition coefficient (Wildman–Crippen LogP) is 3.13. The lowest BCUT2D eigenvalue weighted by molar-refractivity contribution is 0.216. The van der Waals surface area contributed by atoms with Crippen molar-refractivity contribution in [1.29, 1.82) is 0 Å². The molecule has 1 heterocycles. The summed E-state index contributed by atoms with van der Waals surface area (Å²) in [7, 11) is 0. The van der Waals surface area contributed by atoms with Crippen LogP contribution >= 0.6 is 0 Å². The van der Waals surface area contributed by atoms with Crippen LogP contribution in [0.4, 0.5) is 18.9 Å². The van der Waals surface area contributed by atoms with Gasteiger partial charge in [-0.3, -0.25) is 4.90 Å². The lowest BCUT2D eigenvalue weighted by atomic mass is 9.84. The third-order valence-corrected chi connectivity index (χ3v) is 5.45. The van der Waals surface area contributed by atoms with Crippen LogP contribution in [0.25, 0.3) is 0 Å². The van der Waals surface area contributed by atoms with Crippen molar-refractivity contribution in [1.82, 2.24) is 4.90 Å². The van der Waals surface area contributed by atoms with Gasteiger partial charge in [0.05, 0.1) is 0 Å². The van der Waals surface area contributed by atoms with E-state index in [1.165, 1.54) is 19.3 Å². The molecule has 0 spiro atoms. The van der Waals surface area contributed by atoms with Gasteiger partial charge in [-0.05, 0) is 44.6 Å². The van der Waals surface area contributed by atoms with E-state index in [2.05, 4.69) is 4.90 Å². The van der Waals surface area contributed by atoms with E-state index in [9.17, 15) is 13.2 Å². The van der Waals surface area contributed by atoms with Gasteiger partial charge in [0.25, 0.3) is 0 Å². The van der Waals surface area contributed by atoms with E-state index < -0.39 is 17.5 Å². The van der Waals surface area contributed by atoms with Crippen LogP contribution in [0.1, 0.15) is 32.1 Å². The monoisotopic (exact) mass is 341 g/mol. The van der Waals surface area contributed by atoms with Gasteiger partial charge in [0.1, 0.15) is 0 Å². The molecular formula is C18H26F3N3. The smallest absolute Gasteiger partial charge is 0.194 e. The third-order valence-electron chi connectivity index (χ3n) is 5.45. The molecular weight excluding hydrogens is 315 g/mol. The van der Waals surface area contributed by atoms with Crippen LogP contribution in [0.3, 0.4) is 0 Å². The Morgan fingerprint density at radius 3 is 2.08 bits per heavy atom. The molecule has 24 heavy (non-hydrogen) atoms. The van der Waals surface area contributed by atoms with E-state index >= 15 is 0 Å². The quantitative estimate of drug-likeness (QED) is 0.854. The van der Waals surface area contributed by atoms with Crippen LogP contribution in [0.2, 0.25) is 0 Å². The molecule has 0 amide bonds. The van der Waals surface area contributed by atoms with E-state index in [1.54, 1.807) is 0 Å². The molecule has 1 saturated heterocycles. The van der Waals surface area contributed by atoms with Crippen LogP contribution in [-0.4, -0.2) is 43.7 Å². The van der Waals surface area contributed by atoms with Crippen LogP contribution in [0.15, 0.2) is 12.1 Å². The molecule has 6 heteroatoms. The number of halogens is 3. The summed E-state index contributed by atoms with van der Waals surface area (Å²) in [5.41, 5.74) is 6.37. The first-order chi connectivity index (χ1) is 11.5. The molecule has 3 rings (SSSR count). The zero-order chi connectivity index (χ0) is 17.1. The highest BCUT2D eigenvalue weighted by Crippen LogP contribution is 2.27. The van der Waals surface area contributed by atoms with Gasteiger partial charge < -0.3 is 10.6 Å². The molecule has 1 aromatic rings. The average molecular weight is 341 g/mol. The second-order valence-electron chi connectivity index (χ2n) is 7.12. The molecule has 2 N–H and O–H groups in total. The fourth-order valence-electron chi connectivity index (χ4n) is 3.80. The van der Waals surface area contributed by atoms with Gasteiger partial charge in [-0.15, -0.1) is 0 Å². The van der Waals surface area contributed by atoms with Crippen LogP contribution in [0, 0.1) is 23.4 Å². The molecule has 3 nitrogen and oxygen atoms in total. The Balaban J connectivity index is 1.46. The maximum Gasteiger partial charge on any atom is 0.194 e. The topological polar surface area (TPSA) is 32.5 Å². The molecule has 1 aromatic carbocycles. The fraction of sp³-hybridized carbons (Fsp3) is 0.667. The van der Waals surface area contributed by atoms with E-state index in [4.69, 9.17) is 5.73 Å². The molecule has 1 aliphatic carbocycles. The van der Waals surface area contributed by atoms with Crippen LogP contribution in [-0.2, 0) is 0 Å². The highest BCUT2D eigenvalue weighted by atomic mass is 19.2. The minimum atomic E-state index is -1.40. The predicted molar refractivity (Wildman–Crippen MR) is 89.5 cm³/mol. The zero-order valence-electron chi connectivity index (χ0n) is 14.0. The van der Waals surface area contributed by atoms with Gasteiger partial charge >= 0.3 is 0 Å². The van der Waals surface area contributed by atoms with Crippen LogP contribution in [0.5, 0.6) is 0 Å². The Morgan fingerprint density at radius 2 is 1.50 bits per heavy atom. The van der Waals surface area contributed by atoms with Crippen molar-refractivity contribution >= 4 is 5.69 Å². The highest BCUT2D eigenvalue weighted by molar-refractivity contribution is 5.47. The van der Waals surface area contributed by atoms with E-state index in [-0.39, 0.29) is 0 Å². The van der Waals surface area contributed by atoms with Gasteiger partial charge in [0, 0.05) is 50.0 Å². The normalized spacial score (nSPS) is 25.9. The largest absolute Gasteiger partial charge is 0.369 e. The Bertz CT molecular complexity index is 527. The number of hydrogen-bond donors (Lipinski definition) is 1. The summed E-state index contributed by atoms with van der Waals surface area (Å²) in [5.74, 6) is -2.86. The first-order valence-electron chi connectivity index (χ1n) is 8.90. The first-order valence-corrected chi connectivity index (χ1v) is 8.90. The van der Waals surface area contributed by atoms with Crippen molar-refractivity contribution in [3.8, 4) is 0 Å². The lowest BCUT2D eigenvalue weighted by Crippen LogP contribution is -2.47. The second-order valence-corrected chi connectivity index (χ2v) is 7.12. The molecule has 0 unspecified atom stereocenters. The number of piperazine rings is 1. The molecule has 1 aliphatic heterocycles. The van der Waals surface area contributed by atoms with Crippen molar-refractivity contribution in [3.05, 3.63) is 29.6 Å². The molecule has 134 valence electrons. The standard InChI is InChI=1S/C18H26F3N3/c19-16-11-15(12-17(20)18(16)21)24-9-7-23(8-10-24)6-5-13-1-3-14(22)4-2-13/h11-14H,1-10,22H2. The molecule has 0 bridgehead atoms. The zero-order valence-corrected chi connectivity index (χ0v) is 14.0. The second kappa shape index (κ2) is 7.74. The number of nitrogens with two attached hydrogens (primary N) is 1. The number of benzene rings is 1. The van der Waals surface area contributed by atoms with E-state index in [0.717, 1.165) is 50.5 Å². The number of anilines is 1. The number of rotatable bonds is 4. The molecule has 0 aromatic heterocycles. The van der Waals surface area contributed by atoms with Crippen LogP contribution < -0.4 is 10.6 Å². The van der Waals surface area contributed by atoms with Crippen molar-refractivity contribution in [2.24, 2.45) is 11.7 Å². The maximum atomic E-state index is 13.4. The van der Waals surface area contributed by atoms with E-state index in [0.29, 0.717) is 24.8 Å². The Morgan fingerprint density at radius 1 is 0.917 bits per heavy atom. The summed E-state index contributed by atoms with van der Waals surface area (Å²) in [6, 6.07) is 2.56. The van der Waals surface area contributed by atoms with Gasteiger partial charge in [-0.25, -0.2) is 13.2 Å². The van der Waals surface area contributed by atoms with Gasteiger partial charge in [-0.1, -0.05) is 0 Å². The van der Waals surface area contributed by atoms with Crippen molar-refractivity contribution < 1.29 is 13.2 Å². The first kappa shape index (κ1) is 17.5. The van der Waals surface area contributed by atoms with Gasteiger partial charge in [-0.2, -0.15) is 0 Å². The molecule has 2 fully saturated rings. The van der Waals surface area contributed by atoms with Crippen molar-refractivity contribution in [2.75, 3.05) is 37.6 Å². The molecule has 1 saturated carbocycles. The SMILES string of the molecule is NC1CCC(CCN2CCN(c3cc(F)c(F)c(F)c3)CC2)CC1. The molecule has 0 radical (unpaired) electrons. The Labute approximate surface area is 141 Å². The Kier molecular flexibility index (Phi) is 5.66. The lowest BCUT2D eigenvalue weighted by Gasteiger charge is -2.37. The average Bonchev–Trinajstić information content (AvgIpc) is 2.59. The molecule has 2 aliphatic rings. The summed E-state index contributed by atoms with van der Waals surface area (Å²) in [6.07, 6.45) is 5.94. The van der Waals surface area contributed by atoms with Gasteiger partial charge in [0.15, 0.2) is 17.5 Å². The highest BCUT2D eigenvalue weighted by Gasteiger charge is 2.22. The summed E-state index contributed by atoms with van der Waals surface area (Å²) >= 11 is 0. The molecule has 0 atom stereocenters. The minimum absolute atomic E-state index is 0.390. The fourth-order valence-corrected chi connectivity index (χ4v) is 3.80. The number of nitrogens with zero attached hydrogens (tertiary/aromatic N) is 2. The summed E-state index contributed by atoms with van der Waals surface area (Å²) in [4.78, 5) is 4.32.